The van der Waals surface area contributed by atoms with Gasteiger partial charge in [-0.3, -0.25) is 4.79 Å². The van der Waals surface area contributed by atoms with Crippen LogP contribution in [0.3, 0.4) is 0 Å². The van der Waals surface area contributed by atoms with E-state index >= 15 is 0 Å². The maximum Gasteiger partial charge on any atom is 0.230 e. The number of aromatic hydroxyl groups is 1. The van der Waals surface area contributed by atoms with Crippen LogP contribution in [0.2, 0.25) is 0 Å². The van der Waals surface area contributed by atoms with E-state index in [1.54, 1.807) is 28.2 Å². The zero-order valence-corrected chi connectivity index (χ0v) is 18.0. The summed E-state index contributed by atoms with van der Waals surface area (Å²) < 4.78 is 2.86. The Morgan fingerprint density at radius 1 is 1.09 bits per heavy atom. The zero-order valence-electron chi connectivity index (χ0n) is 17.2. The summed E-state index contributed by atoms with van der Waals surface area (Å²) in [4.78, 5) is 21.6. The molecule has 0 aliphatic carbocycles. The lowest BCUT2D eigenvalue weighted by atomic mass is 10.1. The smallest absolute Gasteiger partial charge is 0.230 e. The second-order valence-electron chi connectivity index (χ2n) is 7.38. The minimum atomic E-state index is -0.193. The number of carbonyl (C=O) groups is 1. The number of carbonyl (C=O) groups excluding carboxylic acids is 1. The molecule has 2 N–H and O–H groups in total. The predicted octanol–water partition coefficient (Wildman–Crippen LogP) is 4.74. The summed E-state index contributed by atoms with van der Waals surface area (Å²) in [6.07, 6.45) is 0.107. The molecule has 8 heteroatoms. The maximum atomic E-state index is 12.6. The van der Waals surface area contributed by atoms with Crippen LogP contribution < -0.4 is 5.32 Å². The highest BCUT2D eigenvalue weighted by Gasteiger charge is 2.16. The van der Waals surface area contributed by atoms with Crippen molar-refractivity contribution in [3.05, 3.63) is 83.6 Å². The monoisotopic (exact) mass is 441 g/mol. The van der Waals surface area contributed by atoms with Crippen LogP contribution in [0.15, 0.2) is 72.2 Å². The molecule has 0 atom stereocenters. The molecule has 0 saturated carbocycles. The Morgan fingerprint density at radius 2 is 1.94 bits per heavy atom. The SMILES string of the molecule is Cc1cccc(-n2nc(CC(=O)Nc3ccc(O)cc3)cc2-c2ccc3ncsc3c2)n1. The van der Waals surface area contributed by atoms with E-state index in [0.717, 1.165) is 27.2 Å². The van der Waals surface area contributed by atoms with Crippen molar-refractivity contribution in [2.75, 3.05) is 5.32 Å². The Bertz CT molecular complexity index is 1420. The van der Waals surface area contributed by atoms with Gasteiger partial charge in [0.1, 0.15) is 5.75 Å². The summed E-state index contributed by atoms with van der Waals surface area (Å²) in [6, 6.07) is 20.1. The fourth-order valence-electron chi connectivity index (χ4n) is 3.47. The van der Waals surface area contributed by atoms with Gasteiger partial charge in [-0.25, -0.2) is 14.6 Å². The van der Waals surface area contributed by atoms with Crippen molar-refractivity contribution in [3.63, 3.8) is 0 Å². The zero-order chi connectivity index (χ0) is 22.1. The van der Waals surface area contributed by atoms with Gasteiger partial charge in [0.25, 0.3) is 0 Å². The topological polar surface area (TPSA) is 92.9 Å². The molecular weight excluding hydrogens is 422 g/mol. The highest BCUT2D eigenvalue weighted by atomic mass is 32.1. The van der Waals surface area contributed by atoms with Crippen LogP contribution in [-0.2, 0) is 11.2 Å². The van der Waals surface area contributed by atoms with Crippen molar-refractivity contribution in [2.24, 2.45) is 0 Å². The van der Waals surface area contributed by atoms with Crippen LogP contribution in [0.5, 0.6) is 5.75 Å². The van der Waals surface area contributed by atoms with Crippen LogP contribution in [0.25, 0.3) is 27.3 Å². The summed E-state index contributed by atoms with van der Waals surface area (Å²) in [5.74, 6) is 0.645. The number of aryl methyl sites for hydroxylation is 1. The number of thiazole rings is 1. The van der Waals surface area contributed by atoms with Gasteiger partial charge < -0.3 is 10.4 Å². The first kappa shape index (κ1) is 19.9. The molecular formula is C24H19N5O2S. The first-order valence-electron chi connectivity index (χ1n) is 10.0. The number of nitrogens with zero attached hydrogens (tertiary/aromatic N) is 4. The van der Waals surface area contributed by atoms with E-state index in [2.05, 4.69) is 21.4 Å². The molecule has 0 aliphatic rings. The number of phenols is 1. The Morgan fingerprint density at radius 3 is 2.75 bits per heavy atom. The number of nitrogens with one attached hydrogen (secondary N) is 1. The van der Waals surface area contributed by atoms with Crippen LogP contribution in [-0.4, -0.2) is 30.8 Å². The quantitative estimate of drug-likeness (QED) is 0.384. The third-order valence-corrected chi connectivity index (χ3v) is 5.76. The van der Waals surface area contributed by atoms with Crippen molar-refractivity contribution < 1.29 is 9.90 Å². The second-order valence-corrected chi connectivity index (χ2v) is 8.26. The Balaban J connectivity index is 1.50. The summed E-state index contributed by atoms with van der Waals surface area (Å²) >= 11 is 1.58. The number of phenolic OH excluding ortho intramolecular Hbond substituents is 1. The molecule has 1 amide bonds. The summed E-state index contributed by atoms with van der Waals surface area (Å²) in [6.45, 7) is 1.93. The number of rotatable bonds is 5. The third-order valence-electron chi connectivity index (χ3n) is 4.97. The molecule has 5 rings (SSSR count). The third kappa shape index (κ3) is 4.08. The van der Waals surface area contributed by atoms with Gasteiger partial charge in [-0.05, 0) is 61.5 Å². The van der Waals surface area contributed by atoms with Gasteiger partial charge >= 0.3 is 0 Å². The lowest BCUT2D eigenvalue weighted by molar-refractivity contribution is -0.115. The molecule has 0 aliphatic heterocycles. The number of fused-ring (bicyclic) bond motifs is 1. The van der Waals surface area contributed by atoms with Crippen LogP contribution in [0.4, 0.5) is 5.69 Å². The number of anilines is 1. The van der Waals surface area contributed by atoms with E-state index in [-0.39, 0.29) is 18.1 Å². The Labute approximate surface area is 188 Å². The van der Waals surface area contributed by atoms with Crippen molar-refractivity contribution >= 4 is 33.1 Å². The number of hydrogen-bond acceptors (Lipinski definition) is 6. The molecule has 3 heterocycles. The van der Waals surface area contributed by atoms with Crippen molar-refractivity contribution in [1.82, 2.24) is 19.7 Å². The van der Waals surface area contributed by atoms with E-state index < -0.39 is 0 Å². The van der Waals surface area contributed by atoms with Gasteiger partial charge in [-0.15, -0.1) is 11.3 Å². The molecule has 5 aromatic rings. The molecule has 3 aromatic heterocycles. The number of hydrogen-bond donors (Lipinski definition) is 2. The van der Waals surface area contributed by atoms with Crippen LogP contribution in [0, 0.1) is 6.92 Å². The number of benzene rings is 2. The molecule has 32 heavy (non-hydrogen) atoms. The van der Waals surface area contributed by atoms with E-state index in [0.29, 0.717) is 17.2 Å². The Hall–Kier alpha value is -4.04. The van der Waals surface area contributed by atoms with E-state index in [1.807, 2.05) is 48.8 Å². The van der Waals surface area contributed by atoms with E-state index in [1.165, 1.54) is 12.1 Å². The standard InChI is InChI=1S/C24H19N5O2S/c1-15-3-2-4-23(26-15)29-21(16-5-10-20-22(11-16)32-14-25-20)12-18(28-29)13-24(31)27-17-6-8-19(30)9-7-17/h2-12,14,30H,13H2,1H3,(H,27,31). The predicted molar refractivity (Wildman–Crippen MR) is 125 cm³/mol. The highest BCUT2D eigenvalue weighted by molar-refractivity contribution is 7.16. The highest BCUT2D eigenvalue weighted by Crippen LogP contribution is 2.28. The lowest BCUT2D eigenvalue weighted by Gasteiger charge is -2.07. The minimum absolute atomic E-state index is 0.107. The molecule has 158 valence electrons. The molecule has 0 unspecified atom stereocenters. The van der Waals surface area contributed by atoms with Gasteiger partial charge in [0.05, 0.1) is 33.5 Å². The summed E-state index contributed by atoms with van der Waals surface area (Å²) in [5.41, 5.74) is 6.73. The van der Waals surface area contributed by atoms with Crippen LogP contribution in [0.1, 0.15) is 11.4 Å². The molecule has 7 nitrogen and oxygen atoms in total. The number of pyridine rings is 1. The second kappa shape index (κ2) is 8.24. The van der Waals surface area contributed by atoms with Crippen molar-refractivity contribution in [2.45, 2.75) is 13.3 Å². The first-order valence-corrected chi connectivity index (χ1v) is 10.9. The van der Waals surface area contributed by atoms with Crippen LogP contribution >= 0.6 is 11.3 Å². The summed E-state index contributed by atoms with van der Waals surface area (Å²) in [7, 11) is 0. The van der Waals surface area contributed by atoms with Gasteiger partial charge in [-0.2, -0.15) is 5.10 Å². The number of amides is 1. The molecule has 2 aromatic carbocycles. The first-order chi connectivity index (χ1) is 15.5. The maximum absolute atomic E-state index is 12.6. The molecule has 0 saturated heterocycles. The molecule has 0 radical (unpaired) electrons. The average molecular weight is 442 g/mol. The van der Waals surface area contributed by atoms with E-state index in [9.17, 15) is 9.90 Å². The van der Waals surface area contributed by atoms with E-state index in [4.69, 9.17) is 5.10 Å². The average Bonchev–Trinajstić information content (AvgIpc) is 3.41. The Kier molecular flexibility index (Phi) is 5.12. The lowest BCUT2D eigenvalue weighted by Crippen LogP contribution is -2.14. The fraction of sp³-hybridized carbons (Fsp3) is 0.0833. The van der Waals surface area contributed by atoms with Gasteiger partial charge in [-0.1, -0.05) is 12.1 Å². The molecule has 0 bridgehead atoms. The molecule has 0 fully saturated rings. The number of aromatic nitrogens is 4. The van der Waals surface area contributed by atoms with Gasteiger partial charge in [0.2, 0.25) is 5.91 Å². The fourth-order valence-corrected chi connectivity index (χ4v) is 4.19. The largest absolute Gasteiger partial charge is 0.508 e. The summed E-state index contributed by atoms with van der Waals surface area (Å²) in [5, 5.41) is 16.9. The molecule has 0 spiro atoms. The normalized spacial score (nSPS) is 11.0. The van der Waals surface area contributed by atoms with Gasteiger partial charge in [0, 0.05) is 16.9 Å². The van der Waals surface area contributed by atoms with Gasteiger partial charge in [0.15, 0.2) is 5.82 Å². The van der Waals surface area contributed by atoms with Crippen molar-refractivity contribution in [1.29, 1.82) is 0 Å². The minimum Gasteiger partial charge on any atom is -0.508 e. The van der Waals surface area contributed by atoms with Crippen molar-refractivity contribution in [3.8, 4) is 22.8 Å².